The van der Waals surface area contributed by atoms with Crippen molar-refractivity contribution < 1.29 is 0 Å². The monoisotopic (exact) mass is 109 g/mol. The van der Waals surface area contributed by atoms with Crippen LogP contribution in [-0.4, -0.2) is 0 Å². The summed E-state index contributed by atoms with van der Waals surface area (Å²) in [6, 6.07) is 0. The van der Waals surface area contributed by atoms with Gasteiger partial charge in [0, 0.05) is 0 Å². The quantitative estimate of drug-likeness (QED) is 0.489. The Morgan fingerprint density at radius 2 is 2.25 bits per heavy atom. The third kappa shape index (κ3) is 3.66. The fourth-order valence-electron chi connectivity index (χ4n) is 0.387. The van der Waals surface area contributed by atoms with Crippen LogP contribution in [0.5, 0.6) is 0 Å². The first-order valence-corrected chi connectivity index (χ1v) is 2.87. The average Bonchev–Trinajstić information content (AvgIpc) is 1.83. The van der Waals surface area contributed by atoms with Crippen LogP contribution in [0.1, 0.15) is 20.3 Å². The van der Waals surface area contributed by atoms with Crippen LogP contribution < -0.4 is 0 Å². The van der Waals surface area contributed by atoms with Gasteiger partial charge in [0.15, 0.2) is 0 Å². The van der Waals surface area contributed by atoms with Gasteiger partial charge in [0.2, 0.25) is 0 Å². The van der Waals surface area contributed by atoms with E-state index in [2.05, 4.69) is 26.0 Å². The van der Waals surface area contributed by atoms with Gasteiger partial charge in [0.1, 0.15) is 0 Å². The summed E-state index contributed by atoms with van der Waals surface area (Å²) in [5, 5.41) is 0. The molecule has 0 aliphatic heterocycles. The van der Waals surface area contributed by atoms with Gasteiger partial charge >= 0.3 is 0 Å². The molecule has 0 N–H and O–H groups in total. The van der Waals surface area contributed by atoms with E-state index in [-0.39, 0.29) is 0 Å². The van der Waals surface area contributed by atoms with Crippen molar-refractivity contribution in [1.29, 1.82) is 0 Å². The molecule has 0 aromatic rings. The zero-order valence-electron chi connectivity index (χ0n) is 5.65. The summed E-state index contributed by atoms with van der Waals surface area (Å²) in [6.45, 7) is 7.74. The smallest absolute Gasteiger partial charge is 0.0133 e. The summed E-state index contributed by atoms with van der Waals surface area (Å²) in [4.78, 5) is 0. The minimum Gasteiger partial charge on any atom is -0.103 e. The van der Waals surface area contributed by atoms with E-state index < -0.39 is 0 Å². The Morgan fingerprint density at radius 1 is 1.62 bits per heavy atom. The zero-order valence-corrected chi connectivity index (χ0v) is 5.65. The van der Waals surface area contributed by atoms with E-state index in [0.717, 1.165) is 6.42 Å². The molecule has 0 heterocycles. The highest BCUT2D eigenvalue weighted by atomic mass is 13.9. The van der Waals surface area contributed by atoms with Crippen LogP contribution in [0.4, 0.5) is 0 Å². The highest BCUT2D eigenvalue weighted by molar-refractivity contribution is 5.04. The van der Waals surface area contributed by atoms with Gasteiger partial charge in [-0.2, -0.15) is 0 Å². The van der Waals surface area contributed by atoms with Crippen LogP contribution in [0.25, 0.3) is 0 Å². The third-order valence-electron chi connectivity index (χ3n) is 1.10. The van der Waals surface area contributed by atoms with Crippen molar-refractivity contribution in [2.45, 2.75) is 20.3 Å². The van der Waals surface area contributed by atoms with Crippen LogP contribution in [0.2, 0.25) is 0 Å². The second kappa shape index (κ2) is 4.63. The second-order valence-corrected chi connectivity index (χ2v) is 1.81. The minimum absolute atomic E-state index is 1.04. The number of rotatable bonds is 3. The highest BCUT2D eigenvalue weighted by Crippen LogP contribution is 2.01. The third-order valence-corrected chi connectivity index (χ3v) is 1.10. The molecule has 0 heteroatoms. The molecule has 1 radical (unpaired) electrons. The van der Waals surface area contributed by atoms with E-state index >= 15 is 0 Å². The van der Waals surface area contributed by atoms with E-state index in [1.54, 1.807) is 0 Å². The van der Waals surface area contributed by atoms with Crippen molar-refractivity contribution in [3.05, 3.63) is 30.7 Å². The summed E-state index contributed by atoms with van der Waals surface area (Å²) >= 11 is 0. The SMILES string of the molecule is C=C[CH]CC(C)=CC. The first kappa shape index (κ1) is 7.48. The van der Waals surface area contributed by atoms with Gasteiger partial charge in [-0.25, -0.2) is 0 Å². The Kier molecular flexibility index (Phi) is 4.33. The van der Waals surface area contributed by atoms with E-state index in [1.165, 1.54) is 5.57 Å². The summed E-state index contributed by atoms with van der Waals surface area (Å²) < 4.78 is 0. The molecule has 0 bridgehead atoms. The van der Waals surface area contributed by atoms with Crippen molar-refractivity contribution in [2.24, 2.45) is 0 Å². The molecule has 0 saturated carbocycles. The Morgan fingerprint density at radius 3 is 2.62 bits per heavy atom. The average molecular weight is 109 g/mol. The normalized spacial score (nSPS) is 11.5. The number of hydrogen-bond donors (Lipinski definition) is 0. The van der Waals surface area contributed by atoms with Gasteiger partial charge < -0.3 is 0 Å². The maximum atomic E-state index is 3.58. The van der Waals surface area contributed by atoms with Crippen LogP contribution >= 0.6 is 0 Å². The fraction of sp³-hybridized carbons (Fsp3) is 0.375. The molecule has 0 fully saturated rings. The molecule has 0 aliphatic carbocycles. The molecule has 0 unspecified atom stereocenters. The lowest BCUT2D eigenvalue weighted by Crippen LogP contribution is -1.72. The van der Waals surface area contributed by atoms with Crippen molar-refractivity contribution in [3.63, 3.8) is 0 Å². The van der Waals surface area contributed by atoms with Gasteiger partial charge in [0.25, 0.3) is 0 Å². The molecule has 0 aromatic heterocycles. The van der Waals surface area contributed by atoms with Gasteiger partial charge in [-0.1, -0.05) is 17.7 Å². The lowest BCUT2D eigenvalue weighted by atomic mass is 10.1. The van der Waals surface area contributed by atoms with Gasteiger partial charge in [-0.15, -0.1) is 6.58 Å². The summed E-state index contributed by atoms with van der Waals surface area (Å²) in [7, 11) is 0. The molecular weight excluding hydrogens is 96.1 g/mol. The molecule has 0 aliphatic rings. The Hall–Kier alpha value is -0.520. The van der Waals surface area contributed by atoms with Crippen molar-refractivity contribution in [2.75, 3.05) is 0 Å². The minimum atomic E-state index is 1.04. The lowest BCUT2D eigenvalue weighted by Gasteiger charge is -1.91. The van der Waals surface area contributed by atoms with Crippen molar-refractivity contribution in [1.82, 2.24) is 0 Å². The largest absolute Gasteiger partial charge is 0.103 e. The Balaban J connectivity index is 3.24. The van der Waals surface area contributed by atoms with Crippen LogP contribution in [0, 0.1) is 6.42 Å². The fourth-order valence-corrected chi connectivity index (χ4v) is 0.387. The van der Waals surface area contributed by atoms with Crippen LogP contribution in [0.15, 0.2) is 24.3 Å². The summed E-state index contributed by atoms with van der Waals surface area (Å²) in [5.41, 5.74) is 1.39. The van der Waals surface area contributed by atoms with E-state index in [0.29, 0.717) is 0 Å². The maximum absolute atomic E-state index is 3.58. The predicted octanol–water partition coefficient (Wildman–Crippen LogP) is 2.73. The molecule has 0 spiro atoms. The first-order valence-electron chi connectivity index (χ1n) is 2.87. The Bertz CT molecular complexity index is 88.2. The Labute approximate surface area is 51.9 Å². The number of hydrogen-bond acceptors (Lipinski definition) is 0. The van der Waals surface area contributed by atoms with Crippen LogP contribution in [0.3, 0.4) is 0 Å². The molecular formula is C8H13. The predicted molar refractivity (Wildman–Crippen MR) is 38.5 cm³/mol. The summed E-state index contributed by atoms with van der Waals surface area (Å²) in [5.74, 6) is 0. The first-order chi connectivity index (χ1) is 3.81. The lowest BCUT2D eigenvalue weighted by molar-refractivity contribution is 1.14. The van der Waals surface area contributed by atoms with Gasteiger partial charge in [-0.3, -0.25) is 0 Å². The topological polar surface area (TPSA) is 0 Å². The standard InChI is InChI=1S/C8H13/c1-4-6-7-8(3)5-2/h4-6H,1,7H2,2-3H3. The van der Waals surface area contributed by atoms with Crippen molar-refractivity contribution >= 4 is 0 Å². The molecule has 0 nitrogen and oxygen atoms in total. The van der Waals surface area contributed by atoms with Gasteiger partial charge in [-0.05, 0) is 26.7 Å². The second-order valence-electron chi connectivity index (χ2n) is 1.81. The van der Waals surface area contributed by atoms with E-state index in [9.17, 15) is 0 Å². The molecule has 0 atom stereocenters. The maximum Gasteiger partial charge on any atom is -0.0133 e. The molecule has 0 amide bonds. The molecule has 0 saturated heterocycles. The van der Waals surface area contributed by atoms with Crippen LogP contribution in [-0.2, 0) is 0 Å². The van der Waals surface area contributed by atoms with Crippen molar-refractivity contribution in [3.8, 4) is 0 Å². The summed E-state index contributed by atoms with van der Waals surface area (Å²) in [6.07, 6.45) is 7.03. The highest BCUT2D eigenvalue weighted by Gasteiger charge is 1.82. The molecule has 0 aromatic carbocycles. The zero-order chi connectivity index (χ0) is 6.41. The van der Waals surface area contributed by atoms with E-state index in [4.69, 9.17) is 0 Å². The molecule has 8 heavy (non-hydrogen) atoms. The molecule has 0 rings (SSSR count). The van der Waals surface area contributed by atoms with Gasteiger partial charge in [0.05, 0.1) is 0 Å². The number of allylic oxidation sites excluding steroid dienone is 3. The molecule has 45 valence electrons. The van der Waals surface area contributed by atoms with E-state index in [1.807, 2.05) is 13.0 Å².